The van der Waals surface area contributed by atoms with Crippen molar-refractivity contribution < 1.29 is 9.59 Å². The van der Waals surface area contributed by atoms with E-state index in [1.807, 2.05) is 36.1 Å². The number of likely N-dealkylation sites (tertiary alicyclic amines) is 1. The van der Waals surface area contributed by atoms with Gasteiger partial charge in [0, 0.05) is 51.0 Å². The zero-order chi connectivity index (χ0) is 18.4. The van der Waals surface area contributed by atoms with E-state index in [9.17, 15) is 9.59 Å². The van der Waals surface area contributed by atoms with Gasteiger partial charge in [-0.25, -0.2) is 0 Å². The lowest BCUT2D eigenvalue weighted by Crippen LogP contribution is -2.49. The zero-order valence-corrected chi connectivity index (χ0v) is 16.2. The Bertz CT molecular complexity index is 616. The predicted molar refractivity (Wildman–Crippen MR) is 107 cm³/mol. The van der Waals surface area contributed by atoms with Gasteiger partial charge in [-0.1, -0.05) is 17.7 Å². The molecule has 2 amide bonds. The summed E-state index contributed by atoms with van der Waals surface area (Å²) in [6.45, 7) is 7.89. The van der Waals surface area contributed by atoms with Crippen LogP contribution in [0.1, 0.15) is 12.0 Å². The Balaban J connectivity index is 1.35. The Kier molecular flexibility index (Phi) is 6.93. The number of thioether (sulfide) groups is 1. The molecule has 6 nitrogen and oxygen atoms in total. The fraction of sp³-hybridized carbons (Fsp3) is 0.579. The number of carbonyl (C=O) groups excluding carboxylic acids is 2. The molecule has 2 N–H and O–H groups in total. The van der Waals surface area contributed by atoms with Gasteiger partial charge in [-0.3, -0.25) is 14.5 Å². The molecular formula is C19H28N4O2S. The van der Waals surface area contributed by atoms with Crippen molar-refractivity contribution in [1.82, 2.24) is 15.1 Å². The van der Waals surface area contributed by atoms with Crippen LogP contribution in [-0.4, -0.2) is 78.4 Å². The van der Waals surface area contributed by atoms with Crippen molar-refractivity contribution >= 4 is 29.3 Å². The summed E-state index contributed by atoms with van der Waals surface area (Å²) in [7, 11) is 0. The summed E-state index contributed by atoms with van der Waals surface area (Å²) in [5, 5.41) is 6.23. The average Bonchev–Trinajstić information content (AvgIpc) is 3.15. The molecule has 0 aromatic heterocycles. The molecule has 2 aliphatic rings. The molecule has 2 aliphatic heterocycles. The van der Waals surface area contributed by atoms with Crippen LogP contribution in [0, 0.1) is 6.92 Å². The van der Waals surface area contributed by atoms with E-state index in [1.165, 1.54) is 11.8 Å². The molecule has 2 saturated heterocycles. The third kappa shape index (κ3) is 5.46. The summed E-state index contributed by atoms with van der Waals surface area (Å²) >= 11 is 1.39. The van der Waals surface area contributed by atoms with Crippen molar-refractivity contribution in [2.45, 2.75) is 19.4 Å². The van der Waals surface area contributed by atoms with E-state index < -0.39 is 0 Å². The molecule has 1 aromatic rings. The van der Waals surface area contributed by atoms with Gasteiger partial charge in [0.15, 0.2) is 0 Å². The maximum atomic E-state index is 12.4. The summed E-state index contributed by atoms with van der Waals surface area (Å²) < 4.78 is 0. The highest BCUT2D eigenvalue weighted by molar-refractivity contribution is 8.00. The minimum Gasteiger partial charge on any atom is -0.340 e. The average molecular weight is 377 g/mol. The first-order valence-corrected chi connectivity index (χ1v) is 10.4. The molecule has 0 saturated carbocycles. The normalized spacial score (nSPS) is 21.0. The lowest BCUT2D eigenvalue weighted by molar-refractivity contribution is -0.127. The van der Waals surface area contributed by atoms with E-state index in [0.29, 0.717) is 17.5 Å². The number of anilines is 1. The molecule has 3 rings (SSSR count). The van der Waals surface area contributed by atoms with Gasteiger partial charge in [0.2, 0.25) is 11.8 Å². The standard InChI is InChI=1S/C19H28N4O2S/c1-15-2-4-16(5-3-15)21-18(24)13-26-14-19(25)23-9-6-17(12-23)22-10-7-20-8-11-22/h2-5,17,20H,6-14H2,1H3,(H,21,24). The number of aryl methyl sites for hydroxylation is 1. The maximum absolute atomic E-state index is 12.4. The highest BCUT2D eigenvalue weighted by atomic mass is 32.2. The Labute approximate surface area is 159 Å². The van der Waals surface area contributed by atoms with Crippen LogP contribution in [0.15, 0.2) is 24.3 Å². The topological polar surface area (TPSA) is 64.7 Å². The monoisotopic (exact) mass is 376 g/mol. The van der Waals surface area contributed by atoms with Gasteiger partial charge in [0.25, 0.3) is 0 Å². The fourth-order valence-electron chi connectivity index (χ4n) is 3.47. The fourth-order valence-corrected chi connectivity index (χ4v) is 4.19. The van der Waals surface area contributed by atoms with E-state index >= 15 is 0 Å². The van der Waals surface area contributed by atoms with Gasteiger partial charge in [-0.05, 0) is 25.5 Å². The number of nitrogens with zero attached hydrogens (tertiary/aromatic N) is 2. The summed E-state index contributed by atoms with van der Waals surface area (Å²) in [5.74, 6) is 0.757. The molecule has 1 atom stereocenters. The minimum atomic E-state index is -0.0632. The number of rotatable bonds is 6. The van der Waals surface area contributed by atoms with Gasteiger partial charge in [0.05, 0.1) is 11.5 Å². The lowest BCUT2D eigenvalue weighted by atomic mass is 10.2. The van der Waals surface area contributed by atoms with E-state index in [0.717, 1.165) is 56.9 Å². The quantitative estimate of drug-likeness (QED) is 0.780. The van der Waals surface area contributed by atoms with Crippen LogP contribution in [0.5, 0.6) is 0 Å². The molecule has 0 spiro atoms. The van der Waals surface area contributed by atoms with Crippen LogP contribution in [0.4, 0.5) is 5.69 Å². The highest BCUT2D eigenvalue weighted by Crippen LogP contribution is 2.17. The van der Waals surface area contributed by atoms with E-state index in [2.05, 4.69) is 15.5 Å². The van der Waals surface area contributed by atoms with Crippen LogP contribution >= 0.6 is 11.8 Å². The smallest absolute Gasteiger partial charge is 0.234 e. The zero-order valence-electron chi connectivity index (χ0n) is 15.4. The van der Waals surface area contributed by atoms with Crippen molar-refractivity contribution in [1.29, 1.82) is 0 Å². The van der Waals surface area contributed by atoms with Gasteiger partial charge in [0.1, 0.15) is 0 Å². The van der Waals surface area contributed by atoms with Gasteiger partial charge < -0.3 is 15.5 Å². The molecule has 26 heavy (non-hydrogen) atoms. The van der Waals surface area contributed by atoms with Crippen molar-refractivity contribution in [2.24, 2.45) is 0 Å². The Morgan fingerprint density at radius 3 is 2.62 bits per heavy atom. The van der Waals surface area contributed by atoms with Crippen LogP contribution in [0.25, 0.3) is 0 Å². The van der Waals surface area contributed by atoms with Gasteiger partial charge in [-0.2, -0.15) is 0 Å². The molecule has 1 aromatic carbocycles. The molecule has 2 heterocycles. The first kappa shape index (κ1) is 19.2. The van der Waals surface area contributed by atoms with Gasteiger partial charge in [-0.15, -0.1) is 11.8 Å². The third-order valence-corrected chi connectivity index (χ3v) is 5.90. The number of hydrogen-bond acceptors (Lipinski definition) is 5. The largest absolute Gasteiger partial charge is 0.340 e. The Hall–Kier alpha value is -1.57. The van der Waals surface area contributed by atoms with Gasteiger partial charge >= 0.3 is 0 Å². The summed E-state index contributed by atoms with van der Waals surface area (Å²) in [6, 6.07) is 8.21. The molecule has 142 valence electrons. The second-order valence-corrected chi connectivity index (χ2v) is 7.96. The molecule has 0 radical (unpaired) electrons. The number of nitrogens with one attached hydrogen (secondary N) is 2. The Morgan fingerprint density at radius 2 is 1.88 bits per heavy atom. The van der Waals surface area contributed by atoms with Crippen molar-refractivity contribution in [3.8, 4) is 0 Å². The minimum absolute atomic E-state index is 0.0632. The lowest BCUT2D eigenvalue weighted by Gasteiger charge is -2.32. The summed E-state index contributed by atoms with van der Waals surface area (Å²) in [5.41, 5.74) is 1.96. The molecule has 2 fully saturated rings. The summed E-state index contributed by atoms with van der Waals surface area (Å²) in [6.07, 6.45) is 1.06. The van der Waals surface area contributed by atoms with Crippen LogP contribution in [-0.2, 0) is 9.59 Å². The van der Waals surface area contributed by atoms with E-state index in [-0.39, 0.29) is 11.8 Å². The van der Waals surface area contributed by atoms with Crippen LogP contribution in [0.2, 0.25) is 0 Å². The molecule has 7 heteroatoms. The van der Waals surface area contributed by atoms with Crippen LogP contribution in [0.3, 0.4) is 0 Å². The third-order valence-electron chi connectivity index (χ3n) is 4.98. The second-order valence-electron chi connectivity index (χ2n) is 6.98. The number of amides is 2. The first-order chi connectivity index (χ1) is 12.6. The maximum Gasteiger partial charge on any atom is 0.234 e. The van der Waals surface area contributed by atoms with Crippen molar-refractivity contribution in [3.05, 3.63) is 29.8 Å². The second kappa shape index (κ2) is 9.39. The van der Waals surface area contributed by atoms with E-state index in [4.69, 9.17) is 0 Å². The number of benzene rings is 1. The molecule has 0 bridgehead atoms. The van der Waals surface area contributed by atoms with E-state index in [1.54, 1.807) is 0 Å². The van der Waals surface area contributed by atoms with Crippen LogP contribution < -0.4 is 10.6 Å². The number of hydrogen-bond donors (Lipinski definition) is 2. The number of carbonyl (C=O) groups is 2. The predicted octanol–water partition coefficient (Wildman–Crippen LogP) is 1.17. The number of piperazine rings is 1. The Morgan fingerprint density at radius 1 is 1.15 bits per heavy atom. The molecule has 0 aliphatic carbocycles. The van der Waals surface area contributed by atoms with Crippen molar-refractivity contribution in [2.75, 3.05) is 56.1 Å². The van der Waals surface area contributed by atoms with Crippen molar-refractivity contribution in [3.63, 3.8) is 0 Å². The highest BCUT2D eigenvalue weighted by Gasteiger charge is 2.30. The molecule has 1 unspecified atom stereocenters. The molecular weight excluding hydrogens is 348 g/mol. The first-order valence-electron chi connectivity index (χ1n) is 9.28. The SMILES string of the molecule is Cc1ccc(NC(=O)CSCC(=O)N2CCC(N3CCNCC3)C2)cc1. The summed E-state index contributed by atoms with van der Waals surface area (Å²) in [4.78, 5) is 28.8.